The number of thiophene rings is 1. The van der Waals surface area contributed by atoms with Crippen LogP contribution in [-0.2, 0) is 0 Å². The highest BCUT2D eigenvalue weighted by atomic mass is 32.1. The predicted octanol–water partition coefficient (Wildman–Crippen LogP) is 2.89. The summed E-state index contributed by atoms with van der Waals surface area (Å²) >= 11 is 0.833. The molecule has 0 atom stereocenters. The van der Waals surface area contributed by atoms with Gasteiger partial charge in [-0.05, 0) is 18.2 Å². The number of fused-ring (bicyclic) bond motifs is 1. The van der Waals surface area contributed by atoms with Crippen LogP contribution >= 0.6 is 11.3 Å². The molecule has 0 aliphatic carbocycles. The summed E-state index contributed by atoms with van der Waals surface area (Å²) in [6.07, 6.45) is 0. The molecule has 1 aromatic heterocycles. The van der Waals surface area contributed by atoms with Gasteiger partial charge in [0.1, 0.15) is 5.82 Å². The minimum Gasteiger partial charge on any atom is -0.497 e. The van der Waals surface area contributed by atoms with Gasteiger partial charge in [0.05, 0.1) is 0 Å². The minimum atomic E-state index is -0.671. The molecular formula is C8H4F2OS. The van der Waals surface area contributed by atoms with Gasteiger partial charge in [-0.25, -0.2) is 8.78 Å². The monoisotopic (exact) mass is 186 g/mol. The molecule has 1 N–H and O–H groups in total. The molecule has 2 rings (SSSR count). The topological polar surface area (TPSA) is 20.2 Å². The smallest absolute Gasteiger partial charge is 0.209 e. The first kappa shape index (κ1) is 7.49. The van der Waals surface area contributed by atoms with Gasteiger partial charge in [-0.15, -0.1) is 0 Å². The summed E-state index contributed by atoms with van der Waals surface area (Å²) in [7, 11) is 0. The van der Waals surface area contributed by atoms with Crippen LogP contribution in [0.1, 0.15) is 0 Å². The molecule has 0 amide bonds. The predicted molar refractivity (Wildman–Crippen MR) is 43.4 cm³/mol. The van der Waals surface area contributed by atoms with Crippen molar-refractivity contribution in [3.63, 3.8) is 0 Å². The van der Waals surface area contributed by atoms with Gasteiger partial charge in [0.15, 0.2) is 5.82 Å². The van der Waals surface area contributed by atoms with Crippen LogP contribution in [0.15, 0.2) is 18.2 Å². The van der Waals surface area contributed by atoms with Crippen LogP contribution < -0.4 is 0 Å². The van der Waals surface area contributed by atoms with E-state index in [1.54, 1.807) is 0 Å². The molecule has 0 saturated carbocycles. The van der Waals surface area contributed by atoms with E-state index in [4.69, 9.17) is 5.11 Å². The maximum absolute atomic E-state index is 12.9. The molecule has 2 aromatic rings. The molecule has 12 heavy (non-hydrogen) atoms. The highest BCUT2D eigenvalue weighted by molar-refractivity contribution is 7.20. The molecule has 0 radical (unpaired) electrons. The Morgan fingerprint density at radius 3 is 2.75 bits per heavy atom. The van der Waals surface area contributed by atoms with Crippen LogP contribution in [0.5, 0.6) is 5.06 Å². The Morgan fingerprint density at radius 2 is 2.00 bits per heavy atom. The summed E-state index contributed by atoms with van der Waals surface area (Å²) in [5.74, 6) is -1.10. The first-order valence-electron chi connectivity index (χ1n) is 3.25. The number of benzene rings is 1. The van der Waals surface area contributed by atoms with Crippen molar-refractivity contribution in [2.75, 3.05) is 0 Å². The molecule has 62 valence electrons. The Labute approximate surface area is 70.9 Å². The fourth-order valence-corrected chi connectivity index (χ4v) is 1.87. The Bertz CT molecular complexity index is 436. The van der Waals surface area contributed by atoms with E-state index < -0.39 is 16.7 Å². The molecule has 1 nitrogen and oxygen atoms in total. The standard InChI is InChI=1S/C8H4F2OS/c9-4-1-2-5-6(3-4)12-8(11)7(5)10/h1-3,11H. The Morgan fingerprint density at radius 1 is 1.25 bits per heavy atom. The third-order valence-electron chi connectivity index (χ3n) is 1.57. The van der Waals surface area contributed by atoms with Crippen LogP contribution in [0.3, 0.4) is 0 Å². The third-order valence-corrected chi connectivity index (χ3v) is 2.50. The molecule has 0 unspecified atom stereocenters. The quantitative estimate of drug-likeness (QED) is 0.670. The van der Waals surface area contributed by atoms with E-state index in [0.717, 1.165) is 17.4 Å². The molecule has 0 fully saturated rings. The summed E-state index contributed by atoms with van der Waals surface area (Å²) in [6.45, 7) is 0. The number of rotatable bonds is 0. The second-order valence-electron chi connectivity index (χ2n) is 2.36. The molecule has 1 aromatic carbocycles. The lowest BCUT2D eigenvalue weighted by Gasteiger charge is -1.87. The lowest BCUT2D eigenvalue weighted by atomic mass is 10.2. The van der Waals surface area contributed by atoms with Crippen LogP contribution in [0, 0.1) is 11.6 Å². The van der Waals surface area contributed by atoms with Crippen molar-refractivity contribution >= 4 is 21.4 Å². The number of aromatic hydroxyl groups is 1. The van der Waals surface area contributed by atoms with Crippen LogP contribution in [0.4, 0.5) is 8.78 Å². The van der Waals surface area contributed by atoms with Gasteiger partial charge < -0.3 is 5.11 Å². The van der Waals surface area contributed by atoms with Gasteiger partial charge >= 0.3 is 0 Å². The Hall–Kier alpha value is -1.16. The maximum atomic E-state index is 12.9. The van der Waals surface area contributed by atoms with E-state index in [1.807, 2.05) is 0 Å². The first-order chi connectivity index (χ1) is 5.68. The molecule has 0 spiro atoms. The number of halogens is 2. The first-order valence-corrected chi connectivity index (χ1v) is 4.06. The summed E-state index contributed by atoms with van der Waals surface area (Å²) < 4.78 is 25.9. The molecule has 0 aliphatic rings. The number of hydrogen-bond donors (Lipinski definition) is 1. The van der Waals surface area contributed by atoms with Gasteiger partial charge in [-0.3, -0.25) is 0 Å². The van der Waals surface area contributed by atoms with Crippen LogP contribution in [0.25, 0.3) is 10.1 Å². The Balaban J connectivity index is 2.87. The van der Waals surface area contributed by atoms with Gasteiger partial charge in [-0.1, -0.05) is 11.3 Å². The number of hydrogen-bond acceptors (Lipinski definition) is 2. The van der Waals surface area contributed by atoms with Gasteiger partial charge in [0.2, 0.25) is 5.06 Å². The van der Waals surface area contributed by atoms with Crippen molar-refractivity contribution in [1.29, 1.82) is 0 Å². The third kappa shape index (κ3) is 0.956. The van der Waals surface area contributed by atoms with Crippen molar-refractivity contribution in [3.05, 3.63) is 29.8 Å². The second-order valence-corrected chi connectivity index (χ2v) is 3.39. The molecule has 0 bridgehead atoms. The Kier molecular flexibility index (Phi) is 1.51. The largest absolute Gasteiger partial charge is 0.497 e. The minimum absolute atomic E-state index is 0.263. The van der Waals surface area contributed by atoms with E-state index in [-0.39, 0.29) is 5.39 Å². The van der Waals surface area contributed by atoms with Crippen molar-refractivity contribution in [3.8, 4) is 5.06 Å². The van der Waals surface area contributed by atoms with Gasteiger partial charge in [-0.2, -0.15) is 0 Å². The van der Waals surface area contributed by atoms with Gasteiger partial charge in [0.25, 0.3) is 0 Å². The average molecular weight is 186 g/mol. The van der Waals surface area contributed by atoms with E-state index in [1.165, 1.54) is 12.1 Å². The fraction of sp³-hybridized carbons (Fsp3) is 0. The van der Waals surface area contributed by atoms with Gasteiger partial charge in [0, 0.05) is 10.1 Å². The highest BCUT2D eigenvalue weighted by Gasteiger charge is 2.10. The average Bonchev–Trinajstić information content (AvgIpc) is 2.28. The summed E-state index contributed by atoms with van der Waals surface area (Å²) in [5, 5.41) is 8.83. The summed E-state index contributed by atoms with van der Waals surface area (Å²) in [5.41, 5.74) is 0. The van der Waals surface area contributed by atoms with E-state index in [0.29, 0.717) is 4.70 Å². The SMILES string of the molecule is Oc1sc2cc(F)ccc2c1F. The molecule has 1 heterocycles. The lowest BCUT2D eigenvalue weighted by molar-refractivity contribution is 0.452. The second kappa shape index (κ2) is 2.42. The van der Waals surface area contributed by atoms with E-state index in [2.05, 4.69) is 0 Å². The maximum Gasteiger partial charge on any atom is 0.209 e. The summed E-state index contributed by atoms with van der Waals surface area (Å²) in [6, 6.07) is 3.68. The van der Waals surface area contributed by atoms with Crippen molar-refractivity contribution in [2.24, 2.45) is 0 Å². The van der Waals surface area contributed by atoms with Crippen molar-refractivity contribution < 1.29 is 13.9 Å². The van der Waals surface area contributed by atoms with Crippen molar-refractivity contribution in [1.82, 2.24) is 0 Å². The summed E-state index contributed by atoms with van der Waals surface area (Å²) in [4.78, 5) is 0. The fourth-order valence-electron chi connectivity index (χ4n) is 1.03. The zero-order chi connectivity index (χ0) is 8.72. The molecular weight excluding hydrogens is 182 g/mol. The van der Waals surface area contributed by atoms with Crippen LogP contribution in [0.2, 0.25) is 0 Å². The highest BCUT2D eigenvalue weighted by Crippen LogP contribution is 2.34. The normalized spacial score (nSPS) is 10.8. The van der Waals surface area contributed by atoms with Crippen LogP contribution in [-0.4, -0.2) is 5.11 Å². The molecule has 0 aliphatic heterocycles. The zero-order valence-corrected chi connectivity index (χ0v) is 6.66. The van der Waals surface area contributed by atoms with E-state index >= 15 is 0 Å². The zero-order valence-electron chi connectivity index (χ0n) is 5.84. The molecule has 4 heteroatoms. The lowest BCUT2D eigenvalue weighted by Crippen LogP contribution is -1.72. The van der Waals surface area contributed by atoms with E-state index in [9.17, 15) is 8.78 Å². The molecule has 0 saturated heterocycles. The van der Waals surface area contributed by atoms with Crippen molar-refractivity contribution in [2.45, 2.75) is 0 Å².